The maximum atomic E-state index is 12.0. The topological polar surface area (TPSA) is 127 Å². The van der Waals surface area contributed by atoms with Crippen molar-refractivity contribution in [2.24, 2.45) is 0 Å². The molecule has 2 rings (SSSR count). The molecule has 4 N–H and O–H groups in total. The lowest BCUT2D eigenvalue weighted by atomic mass is 9.99. The van der Waals surface area contributed by atoms with Crippen LogP contribution < -0.4 is 14.8 Å². The van der Waals surface area contributed by atoms with Gasteiger partial charge < -0.3 is 39.6 Å². The highest BCUT2D eigenvalue weighted by Gasteiger charge is 2.43. The first kappa shape index (κ1) is 21.1. The number of rotatable bonds is 7. The van der Waals surface area contributed by atoms with Crippen molar-refractivity contribution in [1.29, 1.82) is 0 Å². The van der Waals surface area contributed by atoms with E-state index in [9.17, 15) is 20.1 Å². The van der Waals surface area contributed by atoms with Gasteiger partial charge in [0.2, 0.25) is 5.91 Å². The lowest BCUT2D eigenvalue weighted by molar-refractivity contribution is -0.288. The molecule has 0 bridgehead atoms. The van der Waals surface area contributed by atoms with Crippen LogP contribution in [0.4, 0.5) is 0 Å². The molecule has 150 valence electrons. The van der Waals surface area contributed by atoms with E-state index in [1.54, 1.807) is 24.3 Å². The van der Waals surface area contributed by atoms with Crippen molar-refractivity contribution in [1.82, 2.24) is 5.32 Å². The van der Waals surface area contributed by atoms with Crippen LogP contribution >= 0.6 is 0 Å². The molecule has 0 radical (unpaired) electrons. The first-order valence-corrected chi connectivity index (χ1v) is 8.31. The van der Waals surface area contributed by atoms with Crippen molar-refractivity contribution in [2.45, 2.75) is 30.7 Å². The van der Waals surface area contributed by atoms with E-state index in [1.165, 1.54) is 27.4 Å². The quantitative estimate of drug-likeness (QED) is 0.455. The normalized spacial score (nSPS) is 28.1. The SMILES string of the molecule is COc1ccc(/C=C/C(=O)NC[C@H]2OC(OC)[C@@H](O)[C@H](O)C2O)cc1OC. The molecule has 0 aromatic heterocycles. The molecule has 9 heteroatoms. The third-order valence-corrected chi connectivity index (χ3v) is 4.21. The highest BCUT2D eigenvalue weighted by Crippen LogP contribution is 2.28. The number of carbonyl (C=O) groups excluding carboxylic acids is 1. The van der Waals surface area contributed by atoms with E-state index in [0.717, 1.165) is 5.56 Å². The van der Waals surface area contributed by atoms with Crippen molar-refractivity contribution < 1.29 is 39.1 Å². The Hall–Kier alpha value is -2.17. The molecule has 5 atom stereocenters. The summed E-state index contributed by atoms with van der Waals surface area (Å²) in [5.41, 5.74) is 0.731. The van der Waals surface area contributed by atoms with Gasteiger partial charge in [0, 0.05) is 19.7 Å². The van der Waals surface area contributed by atoms with Crippen molar-refractivity contribution in [2.75, 3.05) is 27.9 Å². The molecule has 9 nitrogen and oxygen atoms in total. The smallest absolute Gasteiger partial charge is 0.244 e. The molecular formula is C18H25NO8. The van der Waals surface area contributed by atoms with Crippen LogP contribution in [0.2, 0.25) is 0 Å². The fourth-order valence-electron chi connectivity index (χ4n) is 2.67. The summed E-state index contributed by atoms with van der Waals surface area (Å²) >= 11 is 0. The van der Waals surface area contributed by atoms with Crippen molar-refractivity contribution in [3.05, 3.63) is 29.8 Å². The molecule has 0 spiro atoms. The molecule has 0 saturated carbocycles. The molecule has 1 saturated heterocycles. The minimum absolute atomic E-state index is 0.0695. The Morgan fingerprint density at radius 3 is 2.44 bits per heavy atom. The summed E-state index contributed by atoms with van der Waals surface area (Å²) in [7, 11) is 4.36. The van der Waals surface area contributed by atoms with E-state index in [1.807, 2.05) is 0 Å². The van der Waals surface area contributed by atoms with Gasteiger partial charge >= 0.3 is 0 Å². The largest absolute Gasteiger partial charge is 0.493 e. The van der Waals surface area contributed by atoms with Crippen molar-refractivity contribution >= 4 is 12.0 Å². The number of amides is 1. The fourth-order valence-corrected chi connectivity index (χ4v) is 2.67. The summed E-state index contributed by atoms with van der Waals surface area (Å²) in [5, 5.41) is 32.1. The zero-order valence-electron chi connectivity index (χ0n) is 15.4. The van der Waals surface area contributed by atoms with Crippen LogP contribution in [-0.2, 0) is 14.3 Å². The molecule has 27 heavy (non-hydrogen) atoms. The van der Waals surface area contributed by atoms with E-state index >= 15 is 0 Å². The van der Waals surface area contributed by atoms with Gasteiger partial charge in [0.05, 0.1) is 14.2 Å². The van der Waals surface area contributed by atoms with Gasteiger partial charge in [-0.3, -0.25) is 4.79 Å². The zero-order chi connectivity index (χ0) is 20.0. The van der Waals surface area contributed by atoms with Gasteiger partial charge in [-0.05, 0) is 23.8 Å². The Labute approximate surface area is 157 Å². The molecule has 1 heterocycles. The molecule has 2 unspecified atom stereocenters. The number of ether oxygens (including phenoxy) is 4. The summed E-state index contributed by atoms with van der Waals surface area (Å²) in [6.45, 7) is -0.0695. The number of hydrogen-bond donors (Lipinski definition) is 4. The second-order valence-corrected chi connectivity index (χ2v) is 5.94. The number of methoxy groups -OCH3 is 3. The lowest BCUT2D eigenvalue weighted by Crippen LogP contribution is -2.60. The average molecular weight is 383 g/mol. The Balaban J connectivity index is 1.93. The maximum absolute atomic E-state index is 12.0. The Morgan fingerprint density at radius 1 is 1.11 bits per heavy atom. The second kappa shape index (κ2) is 9.67. The highest BCUT2D eigenvalue weighted by atomic mass is 16.7. The molecule has 1 aromatic rings. The maximum Gasteiger partial charge on any atom is 0.244 e. The minimum atomic E-state index is -1.44. The van der Waals surface area contributed by atoms with Crippen LogP contribution in [0.5, 0.6) is 11.5 Å². The van der Waals surface area contributed by atoms with E-state index in [0.29, 0.717) is 11.5 Å². The predicted molar refractivity (Wildman–Crippen MR) is 95.3 cm³/mol. The summed E-state index contributed by atoms with van der Waals surface area (Å²) in [6.07, 6.45) is -3.28. The Kier molecular flexibility index (Phi) is 7.57. The van der Waals surface area contributed by atoms with Crippen LogP contribution in [0.25, 0.3) is 6.08 Å². The van der Waals surface area contributed by atoms with Gasteiger partial charge in [-0.1, -0.05) is 6.07 Å². The summed E-state index contributed by atoms with van der Waals surface area (Å²) in [4.78, 5) is 12.0. The molecule has 1 aliphatic heterocycles. The standard InChI is InChI=1S/C18H25NO8/c1-24-11-6-4-10(8-12(11)25-2)5-7-14(20)19-9-13-15(21)16(22)17(23)18(26-3)27-13/h4-8,13,15-18,21-23H,9H2,1-3H3,(H,19,20)/b7-5+/t13-,15?,16-,17+,18?/m1/s1. The number of nitrogens with one attached hydrogen (secondary N) is 1. The van der Waals surface area contributed by atoms with Gasteiger partial charge in [-0.15, -0.1) is 0 Å². The summed E-state index contributed by atoms with van der Waals surface area (Å²) < 4.78 is 20.6. The van der Waals surface area contributed by atoms with Crippen LogP contribution in [-0.4, -0.2) is 79.8 Å². The third kappa shape index (κ3) is 5.18. The molecular weight excluding hydrogens is 358 g/mol. The predicted octanol–water partition coefficient (Wildman–Crippen LogP) is -0.713. The van der Waals surface area contributed by atoms with E-state index < -0.39 is 36.6 Å². The number of aliphatic hydroxyl groups excluding tert-OH is 3. The van der Waals surface area contributed by atoms with Crippen LogP contribution in [0.15, 0.2) is 24.3 Å². The molecule has 0 aliphatic carbocycles. The second-order valence-electron chi connectivity index (χ2n) is 5.94. The number of hydrogen-bond acceptors (Lipinski definition) is 8. The van der Waals surface area contributed by atoms with Crippen molar-refractivity contribution in [3.63, 3.8) is 0 Å². The van der Waals surface area contributed by atoms with Gasteiger partial charge in [0.25, 0.3) is 0 Å². The Morgan fingerprint density at radius 2 is 1.81 bits per heavy atom. The summed E-state index contributed by atoms with van der Waals surface area (Å²) in [5.74, 6) is 0.697. The summed E-state index contributed by atoms with van der Waals surface area (Å²) in [6, 6.07) is 5.21. The van der Waals surface area contributed by atoms with Gasteiger partial charge in [-0.25, -0.2) is 0 Å². The van der Waals surface area contributed by atoms with E-state index in [-0.39, 0.29) is 6.54 Å². The highest BCUT2D eigenvalue weighted by molar-refractivity contribution is 5.91. The lowest BCUT2D eigenvalue weighted by Gasteiger charge is -2.39. The first-order chi connectivity index (χ1) is 12.9. The molecule has 1 fully saturated rings. The first-order valence-electron chi connectivity index (χ1n) is 8.31. The number of carbonyl (C=O) groups is 1. The molecule has 1 aromatic carbocycles. The zero-order valence-corrected chi connectivity index (χ0v) is 15.4. The van der Waals surface area contributed by atoms with E-state index in [4.69, 9.17) is 18.9 Å². The van der Waals surface area contributed by atoms with Crippen molar-refractivity contribution in [3.8, 4) is 11.5 Å². The molecule has 1 amide bonds. The van der Waals surface area contributed by atoms with Crippen LogP contribution in [0, 0.1) is 0 Å². The van der Waals surface area contributed by atoms with Gasteiger partial charge in [0.15, 0.2) is 17.8 Å². The monoisotopic (exact) mass is 383 g/mol. The third-order valence-electron chi connectivity index (χ3n) is 4.21. The minimum Gasteiger partial charge on any atom is -0.493 e. The fraction of sp³-hybridized carbons (Fsp3) is 0.500. The number of aliphatic hydroxyl groups is 3. The molecule has 1 aliphatic rings. The van der Waals surface area contributed by atoms with Gasteiger partial charge in [-0.2, -0.15) is 0 Å². The van der Waals surface area contributed by atoms with Gasteiger partial charge in [0.1, 0.15) is 24.4 Å². The van der Waals surface area contributed by atoms with Crippen LogP contribution in [0.3, 0.4) is 0 Å². The van der Waals surface area contributed by atoms with Crippen LogP contribution in [0.1, 0.15) is 5.56 Å². The average Bonchev–Trinajstić information content (AvgIpc) is 2.69. The van der Waals surface area contributed by atoms with E-state index in [2.05, 4.69) is 5.32 Å². The Bertz CT molecular complexity index is 663. The number of benzene rings is 1.